The number of rotatable bonds is 5. The summed E-state index contributed by atoms with van der Waals surface area (Å²) in [5, 5.41) is 6.28. The van der Waals surface area contributed by atoms with Crippen LogP contribution in [0.4, 0.5) is 16.0 Å². The SMILES string of the molecule is CC(=O)N[C@H]1CC[C@H](Nc2ncc(F)c(-c3cccc(N4CCCCC4=O)c3)n2)CC1. The van der Waals surface area contributed by atoms with Crippen molar-refractivity contribution in [3.05, 3.63) is 36.3 Å². The monoisotopic (exact) mass is 425 g/mol. The highest BCUT2D eigenvalue weighted by atomic mass is 19.1. The van der Waals surface area contributed by atoms with Crippen LogP contribution in [0.2, 0.25) is 0 Å². The first-order valence-electron chi connectivity index (χ1n) is 11.0. The lowest BCUT2D eigenvalue weighted by atomic mass is 9.91. The van der Waals surface area contributed by atoms with Crippen molar-refractivity contribution in [2.24, 2.45) is 0 Å². The molecule has 2 amide bonds. The first-order chi connectivity index (χ1) is 15.0. The van der Waals surface area contributed by atoms with Gasteiger partial charge in [-0.25, -0.2) is 14.4 Å². The largest absolute Gasteiger partial charge is 0.354 e. The molecule has 31 heavy (non-hydrogen) atoms. The van der Waals surface area contributed by atoms with E-state index in [-0.39, 0.29) is 29.6 Å². The van der Waals surface area contributed by atoms with E-state index < -0.39 is 5.82 Å². The molecule has 0 radical (unpaired) electrons. The molecule has 0 unspecified atom stereocenters. The quantitative estimate of drug-likeness (QED) is 0.763. The Bertz CT molecular complexity index is 959. The molecule has 164 valence electrons. The van der Waals surface area contributed by atoms with Gasteiger partial charge in [0.1, 0.15) is 5.69 Å². The fourth-order valence-corrected chi connectivity index (χ4v) is 4.39. The third kappa shape index (κ3) is 5.18. The standard InChI is InChI=1S/C23H28FN5O2/c1-15(30)26-17-8-10-18(11-9-17)27-23-25-14-20(24)22(28-23)16-5-4-6-19(13-16)29-12-3-2-7-21(29)31/h4-6,13-14,17-18H,2-3,7-12H2,1H3,(H,26,30)(H,25,27,28)/t17-,18-. The van der Waals surface area contributed by atoms with Gasteiger partial charge in [0.15, 0.2) is 5.82 Å². The van der Waals surface area contributed by atoms with Crippen molar-refractivity contribution in [3.63, 3.8) is 0 Å². The van der Waals surface area contributed by atoms with Crippen LogP contribution in [-0.2, 0) is 9.59 Å². The molecule has 1 aromatic heterocycles. The van der Waals surface area contributed by atoms with Crippen molar-refractivity contribution in [1.29, 1.82) is 0 Å². The molecule has 8 heteroatoms. The number of aromatic nitrogens is 2. The first kappa shape index (κ1) is 21.2. The summed E-state index contributed by atoms with van der Waals surface area (Å²) in [7, 11) is 0. The zero-order chi connectivity index (χ0) is 21.8. The molecule has 2 heterocycles. The molecule has 2 fully saturated rings. The summed E-state index contributed by atoms with van der Waals surface area (Å²) >= 11 is 0. The molecule has 7 nitrogen and oxygen atoms in total. The van der Waals surface area contributed by atoms with Gasteiger partial charge in [0, 0.05) is 43.2 Å². The smallest absolute Gasteiger partial charge is 0.226 e. The highest BCUT2D eigenvalue weighted by molar-refractivity contribution is 5.94. The Morgan fingerprint density at radius 3 is 2.68 bits per heavy atom. The molecule has 0 bridgehead atoms. The molecule has 2 aliphatic rings. The van der Waals surface area contributed by atoms with E-state index in [1.54, 1.807) is 11.0 Å². The fraction of sp³-hybridized carbons (Fsp3) is 0.478. The van der Waals surface area contributed by atoms with Gasteiger partial charge in [0.05, 0.1) is 6.20 Å². The molecule has 2 aromatic rings. The van der Waals surface area contributed by atoms with E-state index in [9.17, 15) is 14.0 Å². The van der Waals surface area contributed by atoms with Crippen molar-refractivity contribution in [1.82, 2.24) is 15.3 Å². The molecule has 1 aromatic carbocycles. The second-order valence-electron chi connectivity index (χ2n) is 8.34. The van der Waals surface area contributed by atoms with Crippen LogP contribution in [-0.4, -0.2) is 40.4 Å². The number of nitrogens with one attached hydrogen (secondary N) is 2. The van der Waals surface area contributed by atoms with Crippen LogP contribution in [0.25, 0.3) is 11.3 Å². The van der Waals surface area contributed by atoms with Gasteiger partial charge in [-0.2, -0.15) is 0 Å². The molecule has 0 atom stereocenters. The maximum atomic E-state index is 14.6. The molecule has 1 saturated heterocycles. The van der Waals surface area contributed by atoms with Gasteiger partial charge in [-0.15, -0.1) is 0 Å². The van der Waals surface area contributed by atoms with Gasteiger partial charge < -0.3 is 15.5 Å². The Morgan fingerprint density at radius 1 is 1.16 bits per heavy atom. The Balaban J connectivity index is 1.48. The van der Waals surface area contributed by atoms with Crippen LogP contribution in [0.1, 0.15) is 51.9 Å². The van der Waals surface area contributed by atoms with Crippen molar-refractivity contribution in [2.45, 2.75) is 64.0 Å². The maximum absolute atomic E-state index is 14.6. The minimum absolute atomic E-state index is 0.00333. The molecule has 1 aliphatic heterocycles. The number of carbonyl (C=O) groups is 2. The van der Waals surface area contributed by atoms with Crippen molar-refractivity contribution >= 4 is 23.5 Å². The summed E-state index contributed by atoms with van der Waals surface area (Å²) in [6, 6.07) is 7.70. The van der Waals surface area contributed by atoms with E-state index in [2.05, 4.69) is 20.6 Å². The topological polar surface area (TPSA) is 87.2 Å². The first-order valence-corrected chi connectivity index (χ1v) is 11.0. The van der Waals surface area contributed by atoms with Crippen molar-refractivity contribution < 1.29 is 14.0 Å². The van der Waals surface area contributed by atoms with Crippen LogP contribution < -0.4 is 15.5 Å². The molecule has 0 spiro atoms. The Kier molecular flexibility index (Phi) is 6.44. The number of anilines is 2. The Labute approximate surface area is 181 Å². The minimum Gasteiger partial charge on any atom is -0.354 e. The minimum atomic E-state index is -0.498. The molecule has 2 N–H and O–H groups in total. The number of hydrogen-bond acceptors (Lipinski definition) is 5. The van der Waals surface area contributed by atoms with E-state index in [0.717, 1.165) is 44.2 Å². The summed E-state index contributed by atoms with van der Waals surface area (Å²) in [4.78, 5) is 33.8. The lowest BCUT2D eigenvalue weighted by molar-refractivity contribution is -0.120. The van der Waals surface area contributed by atoms with Crippen LogP contribution in [0.15, 0.2) is 30.5 Å². The normalized spacial score (nSPS) is 21.6. The lowest BCUT2D eigenvalue weighted by Crippen LogP contribution is -2.39. The summed E-state index contributed by atoms with van der Waals surface area (Å²) in [6.07, 6.45) is 7.15. The molecular formula is C23H28FN5O2. The van der Waals surface area contributed by atoms with Gasteiger partial charge in [-0.3, -0.25) is 9.59 Å². The van der Waals surface area contributed by atoms with Crippen LogP contribution >= 0.6 is 0 Å². The highest BCUT2D eigenvalue weighted by Gasteiger charge is 2.23. The van der Waals surface area contributed by atoms with Crippen LogP contribution in [0.5, 0.6) is 0 Å². The number of carbonyl (C=O) groups excluding carboxylic acids is 2. The number of nitrogens with zero attached hydrogens (tertiary/aromatic N) is 3. The average Bonchev–Trinajstić information content (AvgIpc) is 2.76. The van der Waals surface area contributed by atoms with Gasteiger partial charge in [0.2, 0.25) is 17.8 Å². The zero-order valence-corrected chi connectivity index (χ0v) is 17.7. The van der Waals surface area contributed by atoms with E-state index in [4.69, 9.17) is 0 Å². The Morgan fingerprint density at radius 2 is 1.94 bits per heavy atom. The van der Waals surface area contributed by atoms with Crippen molar-refractivity contribution in [2.75, 3.05) is 16.8 Å². The zero-order valence-electron chi connectivity index (χ0n) is 17.7. The maximum Gasteiger partial charge on any atom is 0.226 e. The van der Waals surface area contributed by atoms with Gasteiger partial charge >= 0.3 is 0 Å². The van der Waals surface area contributed by atoms with Gasteiger partial charge in [0.25, 0.3) is 0 Å². The van der Waals surface area contributed by atoms with E-state index >= 15 is 0 Å². The molecular weight excluding hydrogens is 397 g/mol. The molecule has 1 aliphatic carbocycles. The molecule has 4 rings (SSSR count). The third-order valence-electron chi connectivity index (χ3n) is 5.97. The number of piperidine rings is 1. The molecule has 1 saturated carbocycles. The summed E-state index contributed by atoms with van der Waals surface area (Å²) in [6.45, 7) is 2.22. The summed E-state index contributed by atoms with van der Waals surface area (Å²) < 4.78 is 14.6. The highest BCUT2D eigenvalue weighted by Crippen LogP contribution is 2.29. The predicted molar refractivity (Wildman–Crippen MR) is 117 cm³/mol. The van der Waals surface area contributed by atoms with Crippen molar-refractivity contribution in [3.8, 4) is 11.3 Å². The number of halogens is 1. The van der Waals surface area contributed by atoms with Crippen LogP contribution in [0.3, 0.4) is 0 Å². The number of hydrogen-bond donors (Lipinski definition) is 2. The van der Waals surface area contributed by atoms with Crippen LogP contribution in [0, 0.1) is 5.82 Å². The van der Waals surface area contributed by atoms with E-state index in [1.165, 1.54) is 13.1 Å². The number of benzene rings is 1. The fourth-order valence-electron chi connectivity index (χ4n) is 4.39. The third-order valence-corrected chi connectivity index (χ3v) is 5.97. The van der Waals surface area contributed by atoms with Gasteiger partial charge in [-0.05, 0) is 50.7 Å². The second kappa shape index (κ2) is 9.41. The lowest BCUT2D eigenvalue weighted by Gasteiger charge is -2.29. The Hall–Kier alpha value is -3.03. The summed E-state index contributed by atoms with van der Waals surface area (Å²) in [5.41, 5.74) is 1.61. The van der Waals surface area contributed by atoms with Gasteiger partial charge in [-0.1, -0.05) is 12.1 Å². The predicted octanol–water partition coefficient (Wildman–Crippen LogP) is 3.66. The number of amides is 2. The average molecular weight is 426 g/mol. The second-order valence-corrected chi connectivity index (χ2v) is 8.34. The summed E-state index contributed by atoms with van der Waals surface area (Å²) in [5.74, 6) is -0.0129. The van der Waals surface area contributed by atoms with E-state index in [0.29, 0.717) is 24.5 Å². The van der Waals surface area contributed by atoms with E-state index in [1.807, 2.05) is 18.2 Å².